The molecule has 4 atom stereocenters. The van der Waals surface area contributed by atoms with Crippen LogP contribution in [0.25, 0.3) is 11.0 Å². The van der Waals surface area contributed by atoms with Gasteiger partial charge in [0.25, 0.3) is 0 Å². The predicted molar refractivity (Wildman–Crippen MR) is 122 cm³/mol. The highest BCUT2D eigenvalue weighted by Gasteiger charge is 2.44. The Hall–Kier alpha value is -2.00. The Morgan fingerprint density at radius 3 is 2.65 bits per heavy atom. The van der Waals surface area contributed by atoms with Crippen LogP contribution < -0.4 is 5.73 Å². The van der Waals surface area contributed by atoms with Crippen molar-refractivity contribution in [2.45, 2.75) is 45.9 Å². The van der Waals surface area contributed by atoms with Crippen LogP contribution in [-0.4, -0.2) is 68.7 Å². The fourth-order valence-electron chi connectivity index (χ4n) is 5.01. The van der Waals surface area contributed by atoms with Gasteiger partial charge in [0.2, 0.25) is 0 Å². The molecule has 2 aromatic heterocycles. The van der Waals surface area contributed by atoms with Gasteiger partial charge in [-0.1, -0.05) is 11.6 Å². The number of fused-ring (bicyclic) bond motifs is 1. The maximum absolute atomic E-state index is 9.47. The van der Waals surface area contributed by atoms with Crippen molar-refractivity contribution >= 4 is 28.5 Å². The fourth-order valence-corrected chi connectivity index (χ4v) is 5.26. The fraction of sp³-hybridized carbons (Fsp3) is 0.591. The van der Waals surface area contributed by atoms with E-state index in [-0.39, 0.29) is 30.7 Å². The second-order valence-corrected chi connectivity index (χ2v) is 9.17. The maximum Gasteiger partial charge on any atom is 0.164 e. The smallest absolute Gasteiger partial charge is 0.164 e. The third kappa shape index (κ3) is 3.65. The molecule has 9 heteroatoms. The number of methoxy groups -OCH3 is 1. The molecular weight excluding hydrogens is 416 g/mol. The summed E-state index contributed by atoms with van der Waals surface area (Å²) in [5.74, 6) is 1.02. The molecule has 2 aromatic rings. The molecule has 4 rings (SSSR count). The van der Waals surface area contributed by atoms with Crippen LogP contribution in [-0.2, 0) is 4.74 Å². The van der Waals surface area contributed by atoms with Crippen molar-refractivity contribution in [3.05, 3.63) is 34.3 Å². The van der Waals surface area contributed by atoms with E-state index in [1.807, 2.05) is 24.6 Å². The van der Waals surface area contributed by atoms with Crippen LogP contribution in [0.1, 0.15) is 32.5 Å². The van der Waals surface area contributed by atoms with Gasteiger partial charge in [-0.15, -0.1) is 0 Å². The number of hydrogen-bond acceptors (Lipinski definition) is 7. The SMILES string of the molecule is COC1C(C(C)n2nc(C)c3c(N)ncnc32)=CC(Cl)=C(C)C1C1CN([C@H](C)CO)C1. The van der Waals surface area contributed by atoms with E-state index in [4.69, 9.17) is 27.2 Å². The first-order valence-electron chi connectivity index (χ1n) is 10.7. The first kappa shape index (κ1) is 22.2. The van der Waals surface area contributed by atoms with E-state index in [9.17, 15) is 5.11 Å². The molecule has 3 N–H and O–H groups in total. The minimum Gasteiger partial charge on any atom is -0.395 e. The maximum atomic E-state index is 9.47. The summed E-state index contributed by atoms with van der Waals surface area (Å²) >= 11 is 6.73. The summed E-state index contributed by atoms with van der Waals surface area (Å²) in [6, 6.07) is 0.0467. The van der Waals surface area contributed by atoms with Crippen LogP contribution in [0.15, 0.2) is 28.6 Å². The zero-order valence-electron chi connectivity index (χ0n) is 18.7. The molecule has 0 radical (unpaired) electrons. The largest absolute Gasteiger partial charge is 0.395 e. The molecule has 1 aliphatic carbocycles. The van der Waals surface area contributed by atoms with Crippen molar-refractivity contribution < 1.29 is 9.84 Å². The van der Waals surface area contributed by atoms with Gasteiger partial charge in [0.1, 0.15) is 12.1 Å². The minimum absolute atomic E-state index is 0.118. The van der Waals surface area contributed by atoms with Gasteiger partial charge in [0, 0.05) is 37.2 Å². The number of halogens is 1. The number of allylic oxidation sites excluding steroid dienone is 2. The first-order valence-corrected chi connectivity index (χ1v) is 11.1. The summed E-state index contributed by atoms with van der Waals surface area (Å²) in [6.45, 7) is 10.2. The number of aliphatic hydroxyl groups is 1. The average molecular weight is 447 g/mol. The molecule has 3 unspecified atom stereocenters. The Labute approximate surface area is 187 Å². The third-order valence-corrected chi connectivity index (χ3v) is 7.36. The van der Waals surface area contributed by atoms with Gasteiger partial charge in [0.05, 0.1) is 29.8 Å². The number of nitrogen functional groups attached to an aromatic ring is 1. The molecule has 8 nitrogen and oxygen atoms in total. The number of likely N-dealkylation sites (tertiary alicyclic amines) is 1. The normalized spacial score (nSPS) is 24.9. The second kappa shape index (κ2) is 8.50. The van der Waals surface area contributed by atoms with E-state index in [1.165, 1.54) is 6.33 Å². The lowest BCUT2D eigenvalue weighted by atomic mass is 9.72. The number of nitrogens with zero attached hydrogens (tertiary/aromatic N) is 5. The molecular formula is C22H31ClN6O2. The molecule has 0 aromatic carbocycles. The molecule has 1 saturated heterocycles. The van der Waals surface area contributed by atoms with E-state index in [1.54, 1.807) is 7.11 Å². The minimum atomic E-state index is -0.118. The van der Waals surface area contributed by atoms with Gasteiger partial charge in [-0.25, -0.2) is 14.6 Å². The highest BCUT2D eigenvalue weighted by molar-refractivity contribution is 6.31. The summed E-state index contributed by atoms with van der Waals surface area (Å²) in [5.41, 5.74) is 9.81. The van der Waals surface area contributed by atoms with Crippen molar-refractivity contribution in [1.82, 2.24) is 24.6 Å². The van der Waals surface area contributed by atoms with Gasteiger partial charge in [-0.2, -0.15) is 5.10 Å². The van der Waals surface area contributed by atoms with E-state index >= 15 is 0 Å². The van der Waals surface area contributed by atoms with E-state index in [2.05, 4.69) is 28.7 Å². The van der Waals surface area contributed by atoms with E-state index in [0.29, 0.717) is 17.4 Å². The number of aromatic nitrogens is 4. The number of ether oxygens (including phenoxy) is 1. The van der Waals surface area contributed by atoms with Crippen LogP contribution in [0.2, 0.25) is 0 Å². The summed E-state index contributed by atoms with van der Waals surface area (Å²) in [5, 5.41) is 15.7. The van der Waals surface area contributed by atoms with Crippen molar-refractivity contribution in [2.75, 3.05) is 32.5 Å². The van der Waals surface area contributed by atoms with Crippen LogP contribution in [0.3, 0.4) is 0 Å². The van der Waals surface area contributed by atoms with Crippen LogP contribution in [0.4, 0.5) is 5.82 Å². The van der Waals surface area contributed by atoms with Gasteiger partial charge in [-0.3, -0.25) is 4.90 Å². The molecule has 0 bridgehead atoms. The van der Waals surface area contributed by atoms with Crippen molar-refractivity contribution in [3.63, 3.8) is 0 Å². The molecule has 2 aliphatic rings. The quantitative estimate of drug-likeness (QED) is 0.703. The molecule has 0 spiro atoms. The van der Waals surface area contributed by atoms with E-state index in [0.717, 1.165) is 40.3 Å². The molecule has 0 saturated carbocycles. The van der Waals surface area contributed by atoms with Crippen LogP contribution in [0.5, 0.6) is 0 Å². The second-order valence-electron chi connectivity index (χ2n) is 8.77. The first-order chi connectivity index (χ1) is 14.8. The molecule has 0 amide bonds. The van der Waals surface area contributed by atoms with E-state index < -0.39 is 0 Å². The molecule has 1 fully saturated rings. The predicted octanol–water partition coefficient (Wildman–Crippen LogP) is 2.67. The molecule has 1 aliphatic heterocycles. The van der Waals surface area contributed by atoms with Crippen LogP contribution in [0, 0.1) is 18.8 Å². The number of aliphatic hydroxyl groups excluding tert-OH is 1. The standard InChI is InChI=1S/C22H31ClN6O2/c1-11(9-30)28-7-15(8-28)18-12(2)17(23)6-16(20(18)31-5)14(4)29-22-19(13(3)27-29)21(24)25-10-26-22/h6,10-11,14-15,18,20,30H,7-9H2,1-5H3,(H2,24,25,26)/t11-,14?,18?,20?/m1/s1. The highest BCUT2D eigenvalue weighted by Crippen LogP contribution is 2.44. The van der Waals surface area contributed by atoms with Gasteiger partial charge < -0.3 is 15.6 Å². The number of hydrogen-bond donors (Lipinski definition) is 2. The van der Waals surface area contributed by atoms with Gasteiger partial charge in [0.15, 0.2) is 5.65 Å². The van der Waals surface area contributed by atoms with Gasteiger partial charge in [-0.05, 0) is 50.8 Å². The number of aryl methyl sites for hydroxylation is 1. The Morgan fingerprint density at radius 1 is 1.29 bits per heavy atom. The van der Waals surface area contributed by atoms with Gasteiger partial charge >= 0.3 is 0 Å². The summed E-state index contributed by atoms with van der Waals surface area (Å²) in [7, 11) is 1.75. The average Bonchev–Trinajstić information content (AvgIpc) is 3.06. The zero-order valence-corrected chi connectivity index (χ0v) is 19.5. The number of nitrogens with two attached hydrogens (primary N) is 1. The Morgan fingerprint density at radius 2 is 2.00 bits per heavy atom. The summed E-state index contributed by atoms with van der Waals surface area (Å²) in [4.78, 5) is 10.9. The van der Waals surface area contributed by atoms with Crippen molar-refractivity contribution in [2.24, 2.45) is 11.8 Å². The number of rotatable bonds is 6. The highest BCUT2D eigenvalue weighted by atomic mass is 35.5. The topological polar surface area (TPSA) is 102 Å². The Kier molecular flexibility index (Phi) is 6.09. The summed E-state index contributed by atoms with van der Waals surface area (Å²) < 4.78 is 7.96. The molecule has 168 valence electrons. The van der Waals surface area contributed by atoms with Crippen LogP contribution >= 0.6 is 11.6 Å². The molecule has 3 heterocycles. The Bertz CT molecular complexity index is 1040. The summed E-state index contributed by atoms with van der Waals surface area (Å²) in [6.07, 6.45) is 3.37. The lowest BCUT2D eigenvalue weighted by molar-refractivity contribution is -0.0274. The lowest BCUT2D eigenvalue weighted by Crippen LogP contribution is -2.57. The number of anilines is 1. The zero-order chi connectivity index (χ0) is 22.4. The monoisotopic (exact) mass is 446 g/mol. The lowest BCUT2D eigenvalue weighted by Gasteiger charge is -2.49. The molecule has 31 heavy (non-hydrogen) atoms. The third-order valence-electron chi connectivity index (χ3n) is 6.95. The van der Waals surface area contributed by atoms with Crippen molar-refractivity contribution in [3.8, 4) is 0 Å². The van der Waals surface area contributed by atoms with Crippen molar-refractivity contribution in [1.29, 1.82) is 0 Å². The Balaban J connectivity index is 1.68.